The van der Waals surface area contributed by atoms with Gasteiger partial charge in [0.1, 0.15) is 12.6 Å². The van der Waals surface area contributed by atoms with Crippen LogP contribution in [0.4, 0.5) is 5.69 Å². The van der Waals surface area contributed by atoms with E-state index in [2.05, 4.69) is 5.32 Å². The molecule has 224 valence electrons. The molecule has 0 saturated carbocycles. The summed E-state index contributed by atoms with van der Waals surface area (Å²) in [6.07, 6.45) is 0.201. The Morgan fingerprint density at radius 3 is 2.14 bits per heavy atom. The van der Waals surface area contributed by atoms with Gasteiger partial charge >= 0.3 is 0 Å². The molecule has 0 spiro atoms. The molecule has 1 atom stereocenters. The molecule has 4 aromatic carbocycles. The van der Waals surface area contributed by atoms with Crippen molar-refractivity contribution in [1.82, 2.24) is 10.2 Å². The Balaban J connectivity index is 1.83. The number of likely N-dealkylation sites (N-methyl/N-ethyl adjacent to an activating group) is 1. The molecule has 10 heteroatoms. The average Bonchev–Trinajstić information content (AvgIpc) is 3.00. The van der Waals surface area contributed by atoms with Gasteiger partial charge in [-0.1, -0.05) is 89.9 Å². The van der Waals surface area contributed by atoms with Gasteiger partial charge in [-0.15, -0.1) is 0 Å². The summed E-state index contributed by atoms with van der Waals surface area (Å²) in [6.45, 7) is 3.10. The number of nitrogens with one attached hydrogen (secondary N) is 1. The molecule has 0 aliphatic carbocycles. The van der Waals surface area contributed by atoms with Gasteiger partial charge in [0.2, 0.25) is 11.8 Å². The lowest BCUT2D eigenvalue weighted by Gasteiger charge is -2.34. The number of halogens is 2. The molecule has 0 bridgehead atoms. The molecule has 43 heavy (non-hydrogen) atoms. The van der Waals surface area contributed by atoms with Crippen molar-refractivity contribution in [2.75, 3.05) is 17.9 Å². The van der Waals surface area contributed by atoms with Gasteiger partial charge < -0.3 is 10.2 Å². The van der Waals surface area contributed by atoms with Crippen LogP contribution < -0.4 is 9.62 Å². The second-order valence-electron chi connectivity index (χ2n) is 10.1. The molecule has 2 amide bonds. The normalized spacial score (nSPS) is 11.9. The number of carbonyl (C=O) groups excluding carboxylic acids is 2. The third-order valence-electron chi connectivity index (χ3n) is 7.33. The lowest BCUT2D eigenvalue weighted by Crippen LogP contribution is -2.53. The predicted molar refractivity (Wildman–Crippen MR) is 172 cm³/mol. The summed E-state index contributed by atoms with van der Waals surface area (Å²) in [7, 11) is -2.68. The highest BCUT2D eigenvalue weighted by atomic mass is 35.5. The Morgan fingerprint density at radius 1 is 0.860 bits per heavy atom. The Bertz CT molecular complexity index is 1700. The lowest BCUT2D eigenvalue weighted by molar-refractivity contribution is -0.139. The van der Waals surface area contributed by atoms with E-state index in [0.29, 0.717) is 26.9 Å². The van der Waals surface area contributed by atoms with Crippen molar-refractivity contribution in [3.05, 3.63) is 129 Å². The number of hydrogen-bond acceptors (Lipinski definition) is 4. The van der Waals surface area contributed by atoms with Gasteiger partial charge in [0.05, 0.1) is 10.6 Å². The van der Waals surface area contributed by atoms with Crippen molar-refractivity contribution in [1.29, 1.82) is 0 Å². The van der Waals surface area contributed by atoms with Gasteiger partial charge in [0.15, 0.2) is 0 Å². The molecule has 0 aliphatic rings. The molecule has 4 aromatic rings. The molecular weight excluding hydrogens is 605 g/mol. The van der Waals surface area contributed by atoms with Crippen LogP contribution in [0.1, 0.15) is 22.3 Å². The van der Waals surface area contributed by atoms with Crippen LogP contribution in [-0.2, 0) is 32.6 Å². The standard InChI is InChI=1S/C33H33Cl2N3O4S/c1-23-11-10-16-30(24(23)2)38(43(41,42)28-14-8-5-9-15-28)22-32(39)37(21-26-17-18-27(34)20-29(26)35)31(33(40)36-3)19-25-12-6-4-7-13-25/h4-18,20,31H,19,21-22H2,1-3H3,(H,36,40)/t31-/m0/s1. The Morgan fingerprint density at radius 2 is 1.51 bits per heavy atom. The molecule has 0 aromatic heterocycles. The van der Waals surface area contributed by atoms with E-state index in [1.165, 1.54) is 24.1 Å². The first-order chi connectivity index (χ1) is 20.5. The number of amides is 2. The zero-order valence-electron chi connectivity index (χ0n) is 24.1. The van der Waals surface area contributed by atoms with E-state index in [1.54, 1.807) is 48.5 Å². The summed E-state index contributed by atoms with van der Waals surface area (Å²) in [5.41, 5.74) is 3.36. The smallest absolute Gasteiger partial charge is 0.264 e. The summed E-state index contributed by atoms with van der Waals surface area (Å²) in [6, 6.07) is 26.5. The lowest BCUT2D eigenvalue weighted by atomic mass is 10.0. The van der Waals surface area contributed by atoms with E-state index in [-0.39, 0.29) is 17.9 Å². The highest BCUT2D eigenvalue weighted by Crippen LogP contribution is 2.30. The maximum absolute atomic E-state index is 14.4. The monoisotopic (exact) mass is 637 g/mol. The van der Waals surface area contributed by atoms with Crippen LogP contribution in [0, 0.1) is 13.8 Å². The minimum Gasteiger partial charge on any atom is -0.357 e. The number of rotatable bonds is 11. The molecule has 4 rings (SSSR count). The van der Waals surface area contributed by atoms with E-state index in [1.807, 2.05) is 50.2 Å². The minimum atomic E-state index is -4.18. The first-order valence-electron chi connectivity index (χ1n) is 13.7. The molecule has 0 fully saturated rings. The van der Waals surface area contributed by atoms with Gasteiger partial charge in [-0.25, -0.2) is 8.42 Å². The van der Waals surface area contributed by atoms with E-state index >= 15 is 0 Å². The van der Waals surface area contributed by atoms with Crippen molar-refractivity contribution in [2.24, 2.45) is 0 Å². The van der Waals surface area contributed by atoms with Crippen LogP contribution in [-0.4, -0.2) is 44.8 Å². The highest BCUT2D eigenvalue weighted by molar-refractivity contribution is 7.92. The van der Waals surface area contributed by atoms with E-state index in [9.17, 15) is 18.0 Å². The maximum Gasteiger partial charge on any atom is 0.264 e. The fourth-order valence-electron chi connectivity index (χ4n) is 4.79. The molecule has 0 saturated heterocycles. The number of benzene rings is 4. The molecular formula is C33H33Cl2N3O4S. The van der Waals surface area contributed by atoms with Crippen LogP contribution in [0.3, 0.4) is 0 Å². The fraction of sp³-hybridized carbons (Fsp3) is 0.212. The average molecular weight is 639 g/mol. The zero-order chi connectivity index (χ0) is 31.1. The maximum atomic E-state index is 14.4. The van der Waals surface area contributed by atoms with E-state index in [4.69, 9.17) is 23.2 Å². The fourth-order valence-corrected chi connectivity index (χ4v) is 6.75. The number of carbonyl (C=O) groups is 2. The van der Waals surface area contributed by atoms with Crippen molar-refractivity contribution in [2.45, 2.75) is 37.8 Å². The second-order valence-corrected chi connectivity index (χ2v) is 12.8. The van der Waals surface area contributed by atoms with Crippen LogP contribution in [0.15, 0.2) is 102 Å². The van der Waals surface area contributed by atoms with Crippen molar-refractivity contribution in [3.63, 3.8) is 0 Å². The quantitative estimate of drug-likeness (QED) is 0.212. The summed E-state index contributed by atoms with van der Waals surface area (Å²) in [5.74, 6) is -0.970. The molecule has 0 aliphatic heterocycles. The molecule has 0 radical (unpaired) electrons. The zero-order valence-corrected chi connectivity index (χ0v) is 26.5. The predicted octanol–water partition coefficient (Wildman–Crippen LogP) is 6.19. The number of aryl methyl sites for hydroxylation is 1. The molecule has 0 unspecified atom stereocenters. The van der Waals surface area contributed by atoms with E-state index < -0.39 is 34.4 Å². The second kappa shape index (κ2) is 14.1. The van der Waals surface area contributed by atoms with Gasteiger partial charge in [-0.05, 0) is 66.4 Å². The third-order valence-corrected chi connectivity index (χ3v) is 9.69. The van der Waals surface area contributed by atoms with Crippen LogP contribution in [0.25, 0.3) is 0 Å². The summed E-state index contributed by atoms with van der Waals surface area (Å²) < 4.78 is 29.3. The van der Waals surface area contributed by atoms with Crippen molar-refractivity contribution in [3.8, 4) is 0 Å². The van der Waals surface area contributed by atoms with Gasteiger partial charge in [0, 0.05) is 30.1 Å². The summed E-state index contributed by atoms with van der Waals surface area (Å²) in [4.78, 5) is 29.2. The number of anilines is 1. The summed E-state index contributed by atoms with van der Waals surface area (Å²) >= 11 is 12.6. The Kier molecular flexibility index (Phi) is 10.5. The number of hydrogen-bond donors (Lipinski definition) is 1. The minimum absolute atomic E-state index is 0.0446. The van der Waals surface area contributed by atoms with E-state index in [0.717, 1.165) is 15.4 Å². The third kappa shape index (κ3) is 7.57. The first-order valence-corrected chi connectivity index (χ1v) is 15.9. The summed E-state index contributed by atoms with van der Waals surface area (Å²) in [5, 5.41) is 3.42. The SMILES string of the molecule is CNC(=O)[C@H](Cc1ccccc1)N(Cc1ccc(Cl)cc1Cl)C(=O)CN(c1cccc(C)c1C)S(=O)(=O)c1ccccc1. The molecule has 1 N–H and O–H groups in total. The number of sulfonamides is 1. The van der Waals surface area contributed by atoms with Crippen molar-refractivity contribution >= 4 is 50.7 Å². The first kappa shape index (κ1) is 32.1. The Labute approximate surface area is 263 Å². The van der Waals surface area contributed by atoms with Crippen LogP contribution in [0.5, 0.6) is 0 Å². The van der Waals surface area contributed by atoms with Gasteiger partial charge in [0.25, 0.3) is 10.0 Å². The topological polar surface area (TPSA) is 86.8 Å². The number of nitrogens with zero attached hydrogens (tertiary/aromatic N) is 2. The van der Waals surface area contributed by atoms with Crippen molar-refractivity contribution < 1.29 is 18.0 Å². The van der Waals surface area contributed by atoms with Gasteiger partial charge in [-0.3, -0.25) is 13.9 Å². The van der Waals surface area contributed by atoms with Gasteiger partial charge in [-0.2, -0.15) is 0 Å². The molecule has 0 heterocycles. The Hall–Kier alpha value is -3.85. The van der Waals surface area contributed by atoms with Crippen LogP contribution >= 0.6 is 23.2 Å². The largest absolute Gasteiger partial charge is 0.357 e. The molecule has 7 nitrogen and oxygen atoms in total. The van der Waals surface area contributed by atoms with Crippen LogP contribution in [0.2, 0.25) is 10.0 Å². The highest BCUT2D eigenvalue weighted by Gasteiger charge is 2.35.